The largest absolute Gasteiger partial charge is 0.481 e. The van der Waals surface area contributed by atoms with Crippen LogP contribution in [0.15, 0.2) is 80.0 Å². The summed E-state index contributed by atoms with van der Waals surface area (Å²) in [6.45, 7) is 24.0. The summed E-state index contributed by atoms with van der Waals surface area (Å²) in [4.78, 5) is 18.3. The number of hydrogen-bond acceptors (Lipinski definition) is 8. The number of aliphatic hydroxyl groups excluding tert-OH is 1. The number of carbonyl (C=O) groups is 1. The number of carboxylic acid groups (broad SMARTS) is 1. The lowest BCUT2D eigenvalue weighted by atomic mass is 9.92. The molecule has 55 heavy (non-hydrogen) atoms. The molecule has 0 unspecified atom stereocenters. The lowest BCUT2D eigenvalue weighted by Gasteiger charge is -2.30. The number of pyridine rings is 1. The van der Waals surface area contributed by atoms with Gasteiger partial charge in [-0.3, -0.25) is 14.7 Å². The Labute approximate surface area is 326 Å². The highest BCUT2D eigenvalue weighted by Crippen LogP contribution is 2.37. The number of aliphatic carboxylic acids is 1. The second kappa shape index (κ2) is 20.2. The van der Waals surface area contributed by atoms with Crippen LogP contribution in [-0.4, -0.2) is 52.3 Å². The maximum Gasteiger partial charge on any atom is 0.306 e. The SMILES string of the molecule is C=C(Oc1c(C)cc(CN2CCC(C(=O)O)CC2)cc1C#N)c1cccc(-c2cccc(NC(=C)c3ncc(CNCCO)cc3/C=C\C)c2C)c1C.CC. The summed E-state index contributed by atoms with van der Waals surface area (Å²) in [5.74, 6) is -0.0786. The fourth-order valence-corrected chi connectivity index (χ4v) is 6.94. The third kappa shape index (κ3) is 10.6. The van der Waals surface area contributed by atoms with Crippen molar-refractivity contribution in [2.24, 2.45) is 5.92 Å². The highest BCUT2D eigenvalue weighted by Gasteiger charge is 2.25. The van der Waals surface area contributed by atoms with Crippen molar-refractivity contribution in [3.05, 3.63) is 130 Å². The van der Waals surface area contributed by atoms with Crippen LogP contribution >= 0.6 is 0 Å². The molecule has 0 spiro atoms. The Morgan fingerprint density at radius 3 is 2.38 bits per heavy atom. The molecule has 5 rings (SSSR count). The van der Waals surface area contributed by atoms with Crippen LogP contribution in [0.4, 0.5) is 5.69 Å². The molecule has 2 heterocycles. The van der Waals surface area contributed by atoms with Gasteiger partial charge in [-0.05, 0) is 111 Å². The minimum atomic E-state index is -0.725. The van der Waals surface area contributed by atoms with E-state index in [1.54, 1.807) is 0 Å². The zero-order chi connectivity index (χ0) is 40.1. The van der Waals surface area contributed by atoms with Crippen LogP contribution in [0, 0.1) is 38.0 Å². The number of nitrogens with one attached hydrogen (secondary N) is 2. The number of nitrogens with zero attached hydrogens (tertiary/aromatic N) is 3. The summed E-state index contributed by atoms with van der Waals surface area (Å²) in [6, 6.07) is 20.5. The van der Waals surface area contributed by atoms with Crippen LogP contribution in [0.2, 0.25) is 0 Å². The monoisotopic (exact) mass is 741 g/mol. The first-order valence-electron chi connectivity index (χ1n) is 19.0. The number of aliphatic hydroxyl groups is 1. The molecule has 0 bridgehead atoms. The Balaban J connectivity index is 0.00000331. The number of nitriles is 1. The van der Waals surface area contributed by atoms with E-state index >= 15 is 0 Å². The molecule has 9 nitrogen and oxygen atoms in total. The maximum absolute atomic E-state index is 11.4. The van der Waals surface area contributed by atoms with Gasteiger partial charge < -0.3 is 25.6 Å². The van der Waals surface area contributed by atoms with Crippen molar-refractivity contribution in [3.8, 4) is 22.9 Å². The number of hydrogen-bond donors (Lipinski definition) is 4. The highest BCUT2D eigenvalue weighted by molar-refractivity contribution is 5.85. The van der Waals surface area contributed by atoms with Crippen molar-refractivity contribution in [1.29, 1.82) is 5.26 Å². The van der Waals surface area contributed by atoms with Crippen molar-refractivity contribution < 1.29 is 19.7 Å². The van der Waals surface area contributed by atoms with E-state index < -0.39 is 5.97 Å². The molecule has 0 aliphatic carbocycles. The van der Waals surface area contributed by atoms with E-state index in [-0.39, 0.29) is 12.5 Å². The molecule has 0 amide bonds. The van der Waals surface area contributed by atoms with Gasteiger partial charge in [0.15, 0.2) is 0 Å². The minimum absolute atomic E-state index is 0.0805. The van der Waals surface area contributed by atoms with Gasteiger partial charge in [-0.25, -0.2) is 0 Å². The Morgan fingerprint density at radius 1 is 1.04 bits per heavy atom. The summed E-state index contributed by atoms with van der Waals surface area (Å²) in [7, 11) is 0. The van der Waals surface area contributed by atoms with E-state index in [9.17, 15) is 15.2 Å². The van der Waals surface area contributed by atoms with Gasteiger partial charge in [0, 0.05) is 42.6 Å². The maximum atomic E-state index is 11.4. The zero-order valence-electron chi connectivity index (χ0n) is 33.1. The first-order chi connectivity index (χ1) is 26.5. The molecule has 0 atom stereocenters. The smallest absolute Gasteiger partial charge is 0.306 e. The number of carboxylic acids is 1. The van der Waals surface area contributed by atoms with Crippen LogP contribution < -0.4 is 15.4 Å². The molecule has 4 aromatic rings. The summed E-state index contributed by atoms with van der Waals surface area (Å²) in [5.41, 5.74) is 11.5. The summed E-state index contributed by atoms with van der Waals surface area (Å²) >= 11 is 0. The predicted octanol–water partition coefficient (Wildman–Crippen LogP) is 9.12. The van der Waals surface area contributed by atoms with Crippen LogP contribution in [0.25, 0.3) is 28.7 Å². The molecule has 3 aromatic carbocycles. The van der Waals surface area contributed by atoms with Gasteiger partial charge in [-0.1, -0.05) is 75.6 Å². The van der Waals surface area contributed by atoms with Crippen LogP contribution in [0.3, 0.4) is 0 Å². The van der Waals surface area contributed by atoms with Gasteiger partial charge in [0.25, 0.3) is 0 Å². The second-order valence-corrected chi connectivity index (χ2v) is 13.6. The van der Waals surface area contributed by atoms with Gasteiger partial charge in [-0.2, -0.15) is 5.26 Å². The Morgan fingerprint density at radius 2 is 1.73 bits per heavy atom. The normalized spacial score (nSPS) is 13.1. The lowest BCUT2D eigenvalue weighted by molar-refractivity contribution is -0.143. The molecule has 0 saturated carbocycles. The predicted molar refractivity (Wildman–Crippen MR) is 224 cm³/mol. The second-order valence-electron chi connectivity index (χ2n) is 13.6. The molecule has 1 aliphatic heterocycles. The van der Waals surface area contributed by atoms with Crippen molar-refractivity contribution in [2.45, 2.75) is 67.5 Å². The highest BCUT2D eigenvalue weighted by atomic mass is 16.5. The van der Waals surface area contributed by atoms with Crippen molar-refractivity contribution in [3.63, 3.8) is 0 Å². The molecule has 1 saturated heterocycles. The van der Waals surface area contributed by atoms with Crippen LogP contribution in [-0.2, 0) is 17.9 Å². The third-order valence-corrected chi connectivity index (χ3v) is 9.79. The zero-order valence-corrected chi connectivity index (χ0v) is 33.1. The molecule has 1 fully saturated rings. The number of allylic oxidation sites excluding steroid dienone is 1. The molecule has 4 N–H and O–H groups in total. The van der Waals surface area contributed by atoms with Gasteiger partial charge in [0.2, 0.25) is 0 Å². The lowest BCUT2D eigenvalue weighted by Crippen LogP contribution is -2.35. The van der Waals surface area contributed by atoms with E-state index in [0.717, 1.165) is 61.5 Å². The fourth-order valence-electron chi connectivity index (χ4n) is 6.94. The average molecular weight is 742 g/mol. The number of aromatic nitrogens is 1. The van der Waals surface area contributed by atoms with E-state index in [2.05, 4.69) is 66.8 Å². The van der Waals surface area contributed by atoms with Crippen molar-refractivity contribution in [2.75, 3.05) is 31.6 Å². The van der Waals surface area contributed by atoms with E-state index in [1.165, 1.54) is 0 Å². The Bertz CT molecular complexity index is 2070. The molecule has 288 valence electrons. The van der Waals surface area contributed by atoms with Crippen LogP contribution in [0.1, 0.15) is 83.8 Å². The number of ether oxygens (including phenoxy) is 1. The van der Waals surface area contributed by atoms with Gasteiger partial charge in [0.05, 0.1) is 29.5 Å². The standard InChI is InChI=1S/C44H49N5O4.C2H6/c1-7-10-36-23-34(25-46-17-20-50)26-47-42(36)31(5)48-41-14-9-13-40(30(41)4)39-12-8-11-38(29(39)3)32(6)53-43-28(2)21-33(22-37(43)24-45)27-49-18-15-35(16-19-49)44(51)52;1-2/h7-14,21-23,26,35,46,48,50H,5-6,15-20,25,27H2,1-4H3,(H,51,52);1-2H3/b10-7-;. The average Bonchev–Trinajstić information content (AvgIpc) is 3.18. The minimum Gasteiger partial charge on any atom is -0.481 e. The molecule has 1 aromatic heterocycles. The molecular weight excluding hydrogens is 687 g/mol. The van der Waals surface area contributed by atoms with Gasteiger partial charge in [-0.15, -0.1) is 0 Å². The summed E-state index contributed by atoms with van der Waals surface area (Å²) in [5, 5.41) is 35.3. The quantitative estimate of drug-likeness (QED) is 0.0696. The molecule has 1 aliphatic rings. The van der Waals surface area contributed by atoms with E-state index in [4.69, 9.17) is 14.8 Å². The molecular formula is C46H55N5O4. The first-order valence-corrected chi connectivity index (χ1v) is 19.0. The molecule has 9 heteroatoms. The number of rotatable bonds is 15. The molecule has 0 radical (unpaired) electrons. The number of piperidine rings is 1. The number of likely N-dealkylation sites (tertiary alicyclic amines) is 1. The number of benzene rings is 3. The topological polar surface area (TPSA) is 131 Å². The third-order valence-electron chi connectivity index (χ3n) is 9.79. The van der Waals surface area contributed by atoms with Gasteiger partial charge in [0.1, 0.15) is 17.6 Å². The van der Waals surface area contributed by atoms with Crippen LogP contribution in [0.5, 0.6) is 5.75 Å². The summed E-state index contributed by atoms with van der Waals surface area (Å²) in [6.07, 6.45) is 7.08. The van der Waals surface area contributed by atoms with E-state index in [0.29, 0.717) is 68.3 Å². The van der Waals surface area contributed by atoms with Crippen molar-refractivity contribution in [1.82, 2.24) is 15.2 Å². The Hall–Kier alpha value is -5.53. The van der Waals surface area contributed by atoms with Crippen molar-refractivity contribution >= 4 is 29.2 Å². The fraction of sp³-hybridized carbons (Fsp3) is 0.326. The van der Waals surface area contributed by atoms with E-state index in [1.807, 2.05) is 82.4 Å². The number of aryl methyl sites for hydroxylation is 1. The number of anilines is 1. The first kappa shape index (κ1) is 42.2. The Kier molecular flexibility index (Phi) is 15.5. The summed E-state index contributed by atoms with van der Waals surface area (Å²) < 4.78 is 6.39. The van der Waals surface area contributed by atoms with Gasteiger partial charge >= 0.3 is 5.97 Å².